The van der Waals surface area contributed by atoms with Crippen molar-refractivity contribution in [1.82, 2.24) is 9.21 Å². The van der Waals surface area contributed by atoms with Crippen molar-refractivity contribution in [2.75, 3.05) is 26.2 Å². The summed E-state index contributed by atoms with van der Waals surface area (Å²) in [6, 6.07) is 10.3. The third-order valence-electron chi connectivity index (χ3n) is 4.19. The molecule has 0 aromatic heterocycles. The molecule has 0 N–H and O–H groups in total. The molecule has 1 saturated heterocycles. The van der Waals surface area contributed by atoms with Gasteiger partial charge in [0, 0.05) is 37.2 Å². The van der Waals surface area contributed by atoms with E-state index in [9.17, 15) is 17.2 Å². The van der Waals surface area contributed by atoms with Crippen molar-refractivity contribution in [2.24, 2.45) is 0 Å². The molecule has 0 atom stereocenters. The summed E-state index contributed by atoms with van der Waals surface area (Å²) >= 11 is 3.50. The van der Waals surface area contributed by atoms with Crippen molar-refractivity contribution >= 4 is 26.0 Å². The Kier molecular flexibility index (Phi) is 5.52. The third kappa shape index (κ3) is 4.08. The maximum absolute atomic E-state index is 13.8. The van der Waals surface area contributed by atoms with Gasteiger partial charge in [-0.3, -0.25) is 4.90 Å². The Bertz CT molecular complexity index is 869. The maximum atomic E-state index is 13.8. The van der Waals surface area contributed by atoms with Crippen LogP contribution in [0.1, 0.15) is 5.56 Å². The number of rotatable bonds is 4. The maximum Gasteiger partial charge on any atom is 0.246 e. The highest BCUT2D eigenvalue weighted by Crippen LogP contribution is 2.23. The first-order chi connectivity index (χ1) is 11.9. The Labute approximate surface area is 154 Å². The minimum atomic E-state index is -4.04. The van der Waals surface area contributed by atoms with Gasteiger partial charge in [0.2, 0.25) is 10.0 Å². The number of nitrogens with zero attached hydrogens (tertiary/aromatic N) is 2. The van der Waals surface area contributed by atoms with Crippen LogP contribution in [0, 0.1) is 11.6 Å². The average Bonchev–Trinajstić information content (AvgIpc) is 2.59. The van der Waals surface area contributed by atoms with Gasteiger partial charge in [0.15, 0.2) is 0 Å². The molecule has 25 heavy (non-hydrogen) atoms. The summed E-state index contributed by atoms with van der Waals surface area (Å²) in [6.07, 6.45) is 0. The van der Waals surface area contributed by atoms with Crippen LogP contribution in [0.25, 0.3) is 0 Å². The second-order valence-electron chi connectivity index (χ2n) is 5.85. The van der Waals surface area contributed by atoms with Gasteiger partial charge >= 0.3 is 0 Å². The van der Waals surface area contributed by atoms with E-state index < -0.39 is 26.6 Å². The van der Waals surface area contributed by atoms with E-state index in [1.165, 1.54) is 4.31 Å². The molecule has 1 fully saturated rings. The summed E-state index contributed by atoms with van der Waals surface area (Å²) in [5.74, 6) is -1.70. The lowest BCUT2D eigenvalue weighted by molar-refractivity contribution is 0.181. The molecular formula is C17H17BrF2N2O2S. The van der Waals surface area contributed by atoms with E-state index in [1.807, 2.05) is 24.3 Å². The van der Waals surface area contributed by atoms with Crippen LogP contribution in [0.5, 0.6) is 0 Å². The van der Waals surface area contributed by atoms with E-state index in [-0.39, 0.29) is 13.1 Å². The lowest BCUT2D eigenvalue weighted by Crippen LogP contribution is -2.48. The summed E-state index contributed by atoms with van der Waals surface area (Å²) in [4.78, 5) is 1.53. The molecule has 1 aliphatic rings. The molecule has 0 bridgehead atoms. The zero-order chi connectivity index (χ0) is 18.0. The summed E-state index contributed by atoms with van der Waals surface area (Å²) in [5, 5.41) is 0. The van der Waals surface area contributed by atoms with Crippen LogP contribution in [-0.4, -0.2) is 43.8 Å². The SMILES string of the molecule is O=S(=O)(c1cc(F)ccc1F)N1CCN(Cc2ccccc2Br)CC1. The molecular weight excluding hydrogens is 414 g/mol. The third-order valence-corrected chi connectivity index (χ3v) is 6.88. The molecule has 2 aromatic rings. The van der Waals surface area contributed by atoms with Crippen LogP contribution in [0.15, 0.2) is 51.8 Å². The molecule has 4 nitrogen and oxygen atoms in total. The summed E-state index contributed by atoms with van der Waals surface area (Å²) in [7, 11) is -4.04. The van der Waals surface area contributed by atoms with Crippen molar-refractivity contribution < 1.29 is 17.2 Å². The molecule has 0 unspecified atom stereocenters. The fourth-order valence-electron chi connectivity index (χ4n) is 2.81. The fourth-order valence-corrected chi connectivity index (χ4v) is 4.72. The first-order valence-corrected chi connectivity index (χ1v) is 10.0. The predicted molar refractivity (Wildman–Crippen MR) is 94.5 cm³/mol. The van der Waals surface area contributed by atoms with Crippen LogP contribution < -0.4 is 0 Å². The highest BCUT2D eigenvalue weighted by molar-refractivity contribution is 9.10. The molecule has 0 aliphatic carbocycles. The summed E-state index contributed by atoms with van der Waals surface area (Å²) in [5.41, 5.74) is 1.12. The van der Waals surface area contributed by atoms with Crippen molar-refractivity contribution in [3.05, 3.63) is 64.1 Å². The van der Waals surface area contributed by atoms with Gasteiger partial charge in [0.1, 0.15) is 16.5 Å². The quantitative estimate of drug-likeness (QED) is 0.747. The molecule has 0 spiro atoms. The van der Waals surface area contributed by atoms with E-state index >= 15 is 0 Å². The Morgan fingerprint density at radius 1 is 1.00 bits per heavy atom. The molecule has 8 heteroatoms. The molecule has 0 radical (unpaired) electrons. The van der Waals surface area contributed by atoms with E-state index in [2.05, 4.69) is 20.8 Å². The van der Waals surface area contributed by atoms with Crippen LogP contribution >= 0.6 is 15.9 Å². The Morgan fingerprint density at radius 2 is 1.68 bits per heavy atom. The van der Waals surface area contributed by atoms with Gasteiger partial charge < -0.3 is 0 Å². The van der Waals surface area contributed by atoms with Crippen LogP contribution in [-0.2, 0) is 16.6 Å². The minimum absolute atomic E-state index is 0.239. The molecule has 0 saturated carbocycles. The molecule has 2 aromatic carbocycles. The van der Waals surface area contributed by atoms with Crippen LogP contribution in [0.4, 0.5) is 8.78 Å². The Morgan fingerprint density at radius 3 is 2.36 bits per heavy atom. The van der Waals surface area contributed by atoms with Crippen LogP contribution in [0.2, 0.25) is 0 Å². The topological polar surface area (TPSA) is 40.6 Å². The second kappa shape index (κ2) is 7.49. The normalized spacial score (nSPS) is 16.9. The zero-order valence-corrected chi connectivity index (χ0v) is 15.7. The fraction of sp³-hybridized carbons (Fsp3) is 0.294. The standard InChI is InChI=1S/C17H17BrF2N2O2S/c18-15-4-2-1-3-13(15)12-21-7-9-22(10-8-21)25(23,24)17-11-14(19)5-6-16(17)20/h1-6,11H,7-10,12H2. The van der Waals surface area contributed by atoms with E-state index in [4.69, 9.17) is 0 Å². The van der Waals surface area contributed by atoms with Gasteiger partial charge in [-0.2, -0.15) is 4.31 Å². The second-order valence-corrected chi connectivity index (χ2v) is 8.61. The number of sulfonamides is 1. The number of piperazine rings is 1. The van der Waals surface area contributed by atoms with Crippen molar-refractivity contribution in [3.63, 3.8) is 0 Å². The number of halogens is 3. The molecule has 1 heterocycles. The highest BCUT2D eigenvalue weighted by atomic mass is 79.9. The zero-order valence-electron chi connectivity index (χ0n) is 13.3. The first kappa shape index (κ1) is 18.4. The number of hydrogen-bond acceptors (Lipinski definition) is 3. The minimum Gasteiger partial charge on any atom is -0.296 e. The largest absolute Gasteiger partial charge is 0.296 e. The van der Waals surface area contributed by atoms with Gasteiger partial charge in [-0.05, 0) is 29.8 Å². The van der Waals surface area contributed by atoms with E-state index in [1.54, 1.807) is 0 Å². The molecule has 0 amide bonds. The Balaban J connectivity index is 1.69. The Hall–Kier alpha value is -1.35. The summed E-state index contributed by atoms with van der Waals surface area (Å²) < 4.78 is 54.5. The first-order valence-electron chi connectivity index (χ1n) is 7.79. The van der Waals surface area contributed by atoms with Gasteiger partial charge in [-0.25, -0.2) is 17.2 Å². The number of hydrogen-bond donors (Lipinski definition) is 0. The van der Waals surface area contributed by atoms with Gasteiger partial charge in [-0.1, -0.05) is 34.1 Å². The molecule has 3 rings (SSSR count). The average molecular weight is 431 g/mol. The van der Waals surface area contributed by atoms with Crippen molar-refractivity contribution in [1.29, 1.82) is 0 Å². The van der Waals surface area contributed by atoms with Crippen molar-refractivity contribution in [2.45, 2.75) is 11.4 Å². The number of benzene rings is 2. The lowest BCUT2D eigenvalue weighted by Gasteiger charge is -2.34. The van der Waals surface area contributed by atoms with Crippen molar-refractivity contribution in [3.8, 4) is 0 Å². The van der Waals surface area contributed by atoms with Gasteiger partial charge in [0.25, 0.3) is 0 Å². The van der Waals surface area contributed by atoms with Crippen LogP contribution in [0.3, 0.4) is 0 Å². The molecule has 134 valence electrons. The van der Waals surface area contributed by atoms with E-state index in [0.29, 0.717) is 19.6 Å². The lowest BCUT2D eigenvalue weighted by atomic mass is 10.2. The van der Waals surface area contributed by atoms with E-state index in [0.717, 1.165) is 28.2 Å². The molecule has 1 aliphatic heterocycles. The smallest absolute Gasteiger partial charge is 0.246 e. The van der Waals surface area contributed by atoms with Gasteiger partial charge in [-0.15, -0.1) is 0 Å². The highest BCUT2D eigenvalue weighted by Gasteiger charge is 2.31. The summed E-state index contributed by atoms with van der Waals surface area (Å²) in [6.45, 7) is 2.23. The predicted octanol–water partition coefficient (Wildman–Crippen LogP) is 3.23. The van der Waals surface area contributed by atoms with Gasteiger partial charge in [0.05, 0.1) is 0 Å². The monoisotopic (exact) mass is 430 g/mol.